The second kappa shape index (κ2) is 10.5. The van der Waals surface area contributed by atoms with E-state index in [1.807, 2.05) is 31.2 Å². The molecule has 1 saturated carbocycles. The monoisotopic (exact) mass is 564 g/mol. The Morgan fingerprint density at radius 2 is 2.11 bits per heavy atom. The normalized spacial score (nSPS) is 20.2. The number of hydrogen-bond donors (Lipinski definition) is 3. The largest absolute Gasteiger partial charge is 0.390 e. The van der Waals surface area contributed by atoms with Crippen LogP contribution in [-0.2, 0) is 21.0 Å². The van der Waals surface area contributed by atoms with Gasteiger partial charge in [0, 0.05) is 29.5 Å². The maximum absolute atomic E-state index is 13.3. The Hall–Kier alpha value is -2.71. The number of carbonyl (C=O) groups excluding carboxylic acids is 1. The lowest BCUT2D eigenvalue weighted by Crippen LogP contribution is -2.31. The molecular weight excluding hydrogens is 540 g/mol. The molecule has 11 nitrogen and oxygen atoms in total. The lowest BCUT2D eigenvalue weighted by atomic mass is 10.1. The number of aromatic nitrogens is 4. The van der Waals surface area contributed by atoms with Gasteiger partial charge in [-0.3, -0.25) is 13.7 Å². The zero-order valence-electron chi connectivity index (χ0n) is 19.1. The van der Waals surface area contributed by atoms with Gasteiger partial charge in [-0.2, -0.15) is 18.2 Å². The molecule has 1 aliphatic rings. The lowest BCUT2D eigenvalue weighted by molar-refractivity contribution is 0.0636. The molecule has 3 atom stereocenters. The summed E-state index contributed by atoms with van der Waals surface area (Å²) in [6.07, 6.45) is 1.24. The molecule has 2 aromatic heterocycles. The predicted octanol–water partition coefficient (Wildman–Crippen LogP) is 1.81. The summed E-state index contributed by atoms with van der Waals surface area (Å²) in [7, 11) is -2.72. The van der Waals surface area contributed by atoms with Crippen LogP contribution in [0.4, 0.5) is 5.82 Å². The SMILES string of the molecule is CNS(=O)(=O)O[C@@H]1C[C@H](Nc2ncncc2C(=O)c2cc(C)n(Cc3cccc(Br)c3)n2)C[C@@H]1O. The third-order valence-corrected chi connectivity index (χ3v) is 7.20. The smallest absolute Gasteiger partial charge is 0.335 e. The quantitative estimate of drug-likeness (QED) is 0.331. The maximum Gasteiger partial charge on any atom is 0.335 e. The summed E-state index contributed by atoms with van der Waals surface area (Å²) in [5, 5.41) is 17.9. The van der Waals surface area contributed by atoms with E-state index in [1.165, 1.54) is 19.6 Å². The third-order valence-electron chi connectivity index (χ3n) is 5.71. The summed E-state index contributed by atoms with van der Waals surface area (Å²) in [5.41, 5.74) is 2.33. The van der Waals surface area contributed by atoms with E-state index in [1.54, 1.807) is 10.7 Å². The van der Waals surface area contributed by atoms with Gasteiger partial charge < -0.3 is 10.4 Å². The van der Waals surface area contributed by atoms with Crippen molar-refractivity contribution in [3.8, 4) is 0 Å². The molecule has 0 bridgehead atoms. The van der Waals surface area contributed by atoms with Gasteiger partial charge in [-0.1, -0.05) is 28.1 Å². The van der Waals surface area contributed by atoms with Gasteiger partial charge in [0.25, 0.3) is 0 Å². The number of rotatable bonds is 9. The molecule has 4 rings (SSSR count). The summed E-state index contributed by atoms with van der Waals surface area (Å²) in [6.45, 7) is 2.38. The average Bonchev–Trinajstić information content (AvgIpc) is 3.35. The molecule has 0 radical (unpaired) electrons. The van der Waals surface area contributed by atoms with E-state index in [9.17, 15) is 18.3 Å². The maximum atomic E-state index is 13.3. The van der Waals surface area contributed by atoms with Crippen molar-refractivity contribution in [1.82, 2.24) is 24.5 Å². The summed E-state index contributed by atoms with van der Waals surface area (Å²) >= 11 is 3.46. The van der Waals surface area contributed by atoms with Crippen LogP contribution in [0, 0.1) is 6.92 Å². The fourth-order valence-corrected chi connectivity index (χ4v) is 5.02. The van der Waals surface area contributed by atoms with E-state index in [4.69, 9.17) is 4.18 Å². The van der Waals surface area contributed by atoms with Gasteiger partial charge in [0.1, 0.15) is 23.9 Å². The molecular formula is C22H25BrN6O5S. The van der Waals surface area contributed by atoms with Crippen molar-refractivity contribution in [2.45, 2.75) is 44.6 Å². The van der Waals surface area contributed by atoms with Crippen LogP contribution >= 0.6 is 15.9 Å². The highest BCUT2D eigenvalue weighted by Gasteiger charge is 2.37. The van der Waals surface area contributed by atoms with E-state index >= 15 is 0 Å². The fourth-order valence-electron chi connectivity index (χ4n) is 3.94. The molecule has 0 saturated heterocycles. The number of ketones is 1. The van der Waals surface area contributed by atoms with Crippen LogP contribution in [0.25, 0.3) is 0 Å². The average molecular weight is 565 g/mol. The molecule has 1 aromatic carbocycles. The van der Waals surface area contributed by atoms with Crippen LogP contribution in [-0.4, -0.2) is 64.4 Å². The summed E-state index contributed by atoms with van der Waals surface area (Å²) in [6, 6.07) is 9.20. The molecule has 186 valence electrons. The Bertz CT molecular complexity index is 1330. The molecule has 2 heterocycles. The first-order chi connectivity index (χ1) is 16.6. The van der Waals surface area contributed by atoms with E-state index in [0.29, 0.717) is 6.54 Å². The Labute approximate surface area is 211 Å². The van der Waals surface area contributed by atoms with Gasteiger partial charge >= 0.3 is 10.3 Å². The number of aliphatic hydroxyl groups is 1. The van der Waals surface area contributed by atoms with Crippen molar-refractivity contribution >= 4 is 37.8 Å². The number of aryl methyl sites for hydroxylation is 1. The number of nitrogens with one attached hydrogen (secondary N) is 2. The van der Waals surface area contributed by atoms with Gasteiger partial charge in [0.05, 0.1) is 18.2 Å². The number of anilines is 1. The van der Waals surface area contributed by atoms with Crippen LogP contribution in [0.15, 0.2) is 47.3 Å². The molecule has 3 aromatic rings. The molecule has 0 amide bonds. The second-order valence-corrected chi connectivity index (χ2v) is 10.7. The third kappa shape index (κ3) is 6.11. The minimum atomic E-state index is -3.95. The summed E-state index contributed by atoms with van der Waals surface area (Å²) < 4.78 is 33.2. The molecule has 1 fully saturated rings. The Morgan fingerprint density at radius 3 is 2.86 bits per heavy atom. The van der Waals surface area contributed by atoms with E-state index in [-0.39, 0.29) is 41.7 Å². The topological polar surface area (TPSA) is 148 Å². The van der Waals surface area contributed by atoms with Crippen molar-refractivity contribution in [3.05, 3.63) is 69.8 Å². The molecule has 0 aliphatic heterocycles. The zero-order chi connectivity index (χ0) is 25.2. The molecule has 0 unspecified atom stereocenters. The number of hydrogen-bond acceptors (Lipinski definition) is 9. The standard InChI is InChI=1S/C22H25BrN6O5S/c1-13-6-18(28-29(13)11-14-4-3-5-15(23)7-14)21(31)17-10-25-12-26-22(17)27-16-8-19(30)20(9-16)34-35(32,33)24-2/h3-7,10,12,16,19-20,24,30H,8-9,11H2,1-2H3,(H,25,26,27)/t16-,19+,20-/m1/s1. The Morgan fingerprint density at radius 1 is 1.31 bits per heavy atom. The van der Waals surface area contributed by atoms with Crippen LogP contribution in [0.1, 0.15) is 40.2 Å². The van der Waals surface area contributed by atoms with Crippen LogP contribution in [0.5, 0.6) is 0 Å². The predicted molar refractivity (Wildman–Crippen MR) is 131 cm³/mol. The van der Waals surface area contributed by atoms with Gasteiger partial charge in [-0.25, -0.2) is 9.97 Å². The highest BCUT2D eigenvalue weighted by Crippen LogP contribution is 2.28. The lowest BCUT2D eigenvalue weighted by Gasteiger charge is -2.15. The van der Waals surface area contributed by atoms with Crippen LogP contribution in [0.3, 0.4) is 0 Å². The second-order valence-electron chi connectivity index (χ2n) is 8.25. The number of halogens is 1. The van der Waals surface area contributed by atoms with E-state index < -0.39 is 22.5 Å². The number of nitrogens with zero attached hydrogens (tertiary/aromatic N) is 4. The van der Waals surface area contributed by atoms with Crippen LogP contribution < -0.4 is 10.0 Å². The van der Waals surface area contributed by atoms with Crippen LogP contribution in [0.2, 0.25) is 0 Å². The van der Waals surface area contributed by atoms with Crippen molar-refractivity contribution in [1.29, 1.82) is 0 Å². The van der Waals surface area contributed by atoms with Crippen molar-refractivity contribution in [2.75, 3.05) is 12.4 Å². The highest BCUT2D eigenvalue weighted by atomic mass is 79.9. The molecule has 3 N–H and O–H groups in total. The van der Waals surface area contributed by atoms with Gasteiger partial charge in [-0.15, -0.1) is 0 Å². The Kier molecular flexibility index (Phi) is 7.62. The number of aliphatic hydroxyl groups excluding tert-OH is 1. The van der Waals surface area contributed by atoms with E-state index in [2.05, 4.69) is 41.0 Å². The Balaban J connectivity index is 1.50. The molecule has 1 aliphatic carbocycles. The summed E-state index contributed by atoms with van der Waals surface area (Å²) in [4.78, 5) is 21.5. The first-order valence-electron chi connectivity index (χ1n) is 10.8. The number of carbonyl (C=O) groups is 1. The van der Waals surface area contributed by atoms with Crippen molar-refractivity contribution in [2.24, 2.45) is 0 Å². The minimum Gasteiger partial charge on any atom is -0.390 e. The summed E-state index contributed by atoms with van der Waals surface area (Å²) in [5.74, 6) is -0.0770. The van der Waals surface area contributed by atoms with Gasteiger partial charge in [-0.05, 0) is 43.5 Å². The minimum absolute atomic E-state index is 0.208. The highest BCUT2D eigenvalue weighted by molar-refractivity contribution is 9.10. The molecule has 13 heteroatoms. The van der Waals surface area contributed by atoms with Gasteiger partial charge in [0.2, 0.25) is 5.78 Å². The zero-order valence-corrected chi connectivity index (χ0v) is 21.5. The molecule has 35 heavy (non-hydrogen) atoms. The fraction of sp³-hybridized carbons (Fsp3) is 0.364. The van der Waals surface area contributed by atoms with Gasteiger partial charge in [0.15, 0.2) is 0 Å². The first kappa shape index (κ1) is 25.4. The van der Waals surface area contributed by atoms with Crippen molar-refractivity contribution < 1.29 is 22.5 Å². The first-order valence-corrected chi connectivity index (χ1v) is 13.0. The molecule has 0 spiro atoms. The van der Waals surface area contributed by atoms with E-state index in [0.717, 1.165) is 15.7 Å². The van der Waals surface area contributed by atoms with Crippen molar-refractivity contribution in [3.63, 3.8) is 0 Å². The number of benzene rings is 1.